The highest BCUT2D eigenvalue weighted by Crippen LogP contribution is 2.24. The van der Waals surface area contributed by atoms with Crippen LogP contribution in [0.1, 0.15) is 20.3 Å². The first kappa shape index (κ1) is 8.05. The summed E-state index contributed by atoms with van der Waals surface area (Å²) in [5.74, 6) is 0.480. The normalized spacial score (nSPS) is 33.4. The van der Waals surface area contributed by atoms with Gasteiger partial charge in [-0.3, -0.25) is 4.79 Å². The Kier molecular flexibility index (Phi) is 1.83. The second kappa shape index (κ2) is 2.73. The van der Waals surface area contributed by atoms with Crippen molar-refractivity contribution in [2.45, 2.75) is 32.4 Å². The van der Waals surface area contributed by atoms with Crippen LogP contribution < -0.4 is 5.32 Å². The van der Waals surface area contributed by atoms with Crippen molar-refractivity contribution in [1.29, 1.82) is 0 Å². The lowest BCUT2D eigenvalue weighted by atomic mass is 10.1. The number of fused-ring (bicyclic) bond motifs is 2. The maximum Gasteiger partial charge on any atom is 0.225 e. The van der Waals surface area contributed by atoms with Gasteiger partial charge in [-0.15, -0.1) is 0 Å². The molecule has 2 atom stereocenters. The fourth-order valence-corrected chi connectivity index (χ4v) is 2.16. The predicted molar refractivity (Wildman–Crippen MR) is 46.7 cm³/mol. The second-order valence-electron chi connectivity index (χ2n) is 4.14. The molecule has 0 aromatic carbocycles. The molecule has 12 heavy (non-hydrogen) atoms. The fourth-order valence-electron chi connectivity index (χ4n) is 2.16. The summed E-state index contributed by atoms with van der Waals surface area (Å²) in [7, 11) is 0. The molecular formula is C9H16N2O. The van der Waals surface area contributed by atoms with E-state index in [1.807, 2.05) is 18.7 Å². The van der Waals surface area contributed by atoms with Gasteiger partial charge >= 0.3 is 0 Å². The van der Waals surface area contributed by atoms with Crippen LogP contribution in [0.5, 0.6) is 0 Å². The summed E-state index contributed by atoms with van der Waals surface area (Å²) >= 11 is 0. The average Bonchev–Trinajstić information content (AvgIpc) is 2.62. The minimum absolute atomic E-state index is 0.157. The van der Waals surface area contributed by atoms with Crippen LogP contribution in [0.15, 0.2) is 0 Å². The van der Waals surface area contributed by atoms with Crippen molar-refractivity contribution in [1.82, 2.24) is 10.2 Å². The third-order valence-corrected chi connectivity index (χ3v) is 2.83. The number of amides is 1. The lowest BCUT2D eigenvalue weighted by Gasteiger charge is -2.28. The van der Waals surface area contributed by atoms with Crippen molar-refractivity contribution in [3.05, 3.63) is 0 Å². The molecule has 3 nitrogen and oxygen atoms in total. The molecular weight excluding hydrogens is 152 g/mol. The quantitative estimate of drug-likeness (QED) is 0.607. The van der Waals surface area contributed by atoms with E-state index in [1.165, 1.54) is 6.42 Å². The fraction of sp³-hybridized carbons (Fsp3) is 0.889. The first-order valence-corrected chi connectivity index (χ1v) is 4.72. The molecule has 2 aliphatic rings. The number of rotatable bonds is 1. The van der Waals surface area contributed by atoms with E-state index in [0.29, 0.717) is 18.0 Å². The van der Waals surface area contributed by atoms with E-state index in [1.54, 1.807) is 0 Å². The van der Waals surface area contributed by atoms with E-state index in [0.717, 1.165) is 13.1 Å². The maximum absolute atomic E-state index is 11.6. The molecule has 3 heteroatoms. The van der Waals surface area contributed by atoms with Gasteiger partial charge in [-0.2, -0.15) is 0 Å². The molecule has 2 rings (SSSR count). The first-order chi connectivity index (χ1) is 5.68. The van der Waals surface area contributed by atoms with Gasteiger partial charge in [0, 0.05) is 31.1 Å². The standard InChI is InChI=1S/C9H16N2O/c1-6(2)9(12)11-5-7-3-8(11)4-10-7/h6-8,10H,3-5H2,1-2H3/t7-,8?/m0/s1. The number of nitrogens with zero attached hydrogens (tertiary/aromatic N) is 1. The Morgan fingerprint density at radius 2 is 2.33 bits per heavy atom. The number of nitrogens with one attached hydrogen (secondary N) is 1. The smallest absolute Gasteiger partial charge is 0.225 e. The van der Waals surface area contributed by atoms with Gasteiger partial charge in [-0.25, -0.2) is 0 Å². The third-order valence-electron chi connectivity index (χ3n) is 2.83. The summed E-state index contributed by atoms with van der Waals surface area (Å²) in [6, 6.07) is 1.07. The Labute approximate surface area is 73.1 Å². The molecule has 1 amide bonds. The summed E-state index contributed by atoms with van der Waals surface area (Å²) in [6.07, 6.45) is 1.17. The first-order valence-electron chi connectivity index (χ1n) is 4.72. The van der Waals surface area contributed by atoms with Crippen LogP contribution in [0.25, 0.3) is 0 Å². The molecule has 0 aromatic heterocycles. The van der Waals surface area contributed by atoms with Gasteiger partial charge in [0.05, 0.1) is 0 Å². The van der Waals surface area contributed by atoms with Crippen molar-refractivity contribution in [3.63, 3.8) is 0 Å². The molecule has 0 saturated carbocycles. The van der Waals surface area contributed by atoms with E-state index in [2.05, 4.69) is 5.32 Å². The molecule has 2 aliphatic heterocycles. The largest absolute Gasteiger partial charge is 0.337 e. The summed E-state index contributed by atoms with van der Waals surface area (Å²) in [5, 5.41) is 3.39. The van der Waals surface area contributed by atoms with Gasteiger partial charge < -0.3 is 10.2 Å². The van der Waals surface area contributed by atoms with Crippen molar-refractivity contribution in [2.24, 2.45) is 5.92 Å². The van der Waals surface area contributed by atoms with Crippen molar-refractivity contribution in [3.8, 4) is 0 Å². The van der Waals surface area contributed by atoms with Crippen LogP contribution in [0.3, 0.4) is 0 Å². The molecule has 68 valence electrons. The van der Waals surface area contributed by atoms with E-state index < -0.39 is 0 Å². The summed E-state index contributed by atoms with van der Waals surface area (Å²) in [6.45, 7) is 5.88. The van der Waals surface area contributed by atoms with Crippen molar-refractivity contribution >= 4 is 5.91 Å². The van der Waals surface area contributed by atoms with Crippen LogP contribution in [-0.4, -0.2) is 36.0 Å². The van der Waals surface area contributed by atoms with E-state index in [4.69, 9.17) is 0 Å². The number of likely N-dealkylation sites (tertiary alicyclic amines) is 1. The van der Waals surface area contributed by atoms with Crippen molar-refractivity contribution in [2.75, 3.05) is 13.1 Å². The molecule has 2 fully saturated rings. The lowest BCUT2D eigenvalue weighted by Crippen LogP contribution is -2.47. The molecule has 0 radical (unpaired) electrons. The van der Waals surface area contributed by atoms with Crippen LogP contribution >= 0.6 is 0 Å². The summed E-state index contributed by atoms with van der Waals surface area (Å²) in [4.78, 5) is 13.7. The van der Waals surface area contributed by atoms with Gasteiger partial charge in [0.1, 0.15) is 0 Å². The Hall–Kier alpha value is -0.570. The number of hydrogen-bond acceptors (Lipinski definition) is 2. The van der Waals surface area contributed by atoms with E-state index >= 15 is 0 Å². The summed E-state index contributed by atoms with van der Waals surface area (Å²) in [5.41, 5.74) is 0. The topological polar surface area (TPSA) is 32.3 Å². The summed E-state index contributed by atoms with van der Waals surface area (Å²) < 4.78 is 0. The highest BCUT2D eigenvalue weighted by Gasteiger charge is 2.40. The Bertz CT molecular complexity index is 203. The maximum atomic E-state index is 11.6. The Morgan fingerprint density at radius 3 is 2.75 bits per heavy atom. The van der Waals surface area contributed by atoms with Crippen LogP contribution in [0.4, 0.5) is 0 Å². The second-order valence-corrected chi connectivity index (χ2v) is 4.14. The Morgan fingerprint density at radius 1 is 1.58 bits per heavy atom. The molecule has 0 spiro atoms. The Balaban J connectivity index is 2.02. The zero-order valence-electron chi connectivity index (χ0n) is 7.71. The average molecular weight is 168 g/mol. The molecule has 2 bridgehead atoms. The zero-order chi connectivity index (χ0) is 8.72. The number of hydrogen-bond donors (Lipinski definition) is 1. The monoisotopic (exact) mass is 168 g/mol. The molecule has 0 aromatic rings. The number of carbonyl (C=O) groups excluding carboxylic acids is 1. The van der Waals surface area contributed by atoms with Crippen molar-refractivity contribution < 1.29 is 4.79 Å². The number of carbonyl (C=O) groups is 1. The van der Waals surface area contributed by atoms with E-state index in [-0.39, 0.29) is 5.92 Å². The lowest BCUT2D eigenvalue weighted by molar-refractivity contribution is -0.135. The predicted octanol–water partition coefficient (Wildman–Crippen LogP) is 0.215. The van der Waals surface area contributed by atoms with Gasteiger partial charge in [0.25, 0.3) is 0 Å². The molecule has 0 aliphatic carbocycles. The molecule has 1 N–H and O–H groups in total. The van der Waals surface area contributed by atoms with Gasteiger partial charge in [-0.05, 0) is 6.42 Å². The molecule has 2 saturated heterocycles. The highest BCUT2D eigenvalue weighted by molar-refractivity contribution is 5.79. The molecule has 1 unspecified atom stereocenters. The van der Waals surface area contributed by atoms with Gasteiger partial charge in [0.15, 0.2) is 0 Å². The molecule has 2 heterocycles. The van der Waals surface area contributed by atoms with Gasteiger partial charge in [0.2, 0.25) is 5.91 Å². The minimum Gasteiger partial charge on any atom is -0.337 e. The number of piperazine rings is 1. The van der Waals surface area contributed by atoms with Gasteiger partial charge in [-0.1, -0.05) is 13.8 Å². The zero-order valence-corrected chi connectivity index (χ0v) is 7.71. The highest BCUT2D eigenvalue weighted by atomic mass is 16.2. The van der Waals surface area contributed by atoms with Crippen LogP contribution in [0, 0.1) is 5.92 Å². The third kappa shape index (κ3) is 1.12. The van der Waals surface area contributed by atoms with Crippen LogP contribution in [0.2, 0.25) is 0 Å². The van der Waals surface area contributed by atoms with E-state index in [9.17, 15) is 4.79 Å². The minimum atomic E-state index is 0.157. The SMILES string of the molecule is CC(C)C(=O)N1C[C@@H]2CC1CN2. The van der Waals surface area contributed by atoms with Crippen LogP contribution in [-0.2, 0) is 4.79 Å².